The van der Waals surface area contributed by atoms with Gasteiger partial charge in [-0.3, -0.25) is 4.79 Å². The van der Waals surface area contributed by atoms with Crippen molar-refractivity contribution in [3.05, 3.63) is 53.7 Å². The molecule has 0 saturated heterocycles. The molecule has 2 rings (SSSR count). The smallest absolute Gasteiger partial charge is 0.291 e. The molecule has 0 unspecified atom stereocenters. The molecule has 0 atom stereocenters. The molecule has 0 aliphatic carbocycles. The lowest BCUT2D eigenvalue weighted by Gasteiger charge is -2.16. The summed E-state index contributed by atoms with van der Waals surface area (Å²) in [5, 5.41) is 0. The van der Waals surface area contributed by atoms with E-state index >= 15 is 0 Å². The second kappa shape index (κ2) is 5.69. The Labute approximate surface area is 113 Å². The third-order valence-corrected chi connectivity index (χ3v) is 2.95. The van der Waals surface area contributed by atoms with Gasteiger partial charge in [-0.05, 0) is 11.5 Å². The Morgan fingerprint density at radius 3 is 2.63 bits per heavy atom. The topological polar surface area (TPSA) is 46.3 Å². The van der Waals surface area contributed by atoms with Crippen LogP contribution in [0.3, 0.4) is 0 Å². The van der Waals surface area contributed by atoms with E-state index in [0.717, 1.165) is 5.56 Å². The number of aromatic nitrogens is 1. The molecule has 2 aromatic rings. The second-order valence-electron chi connectivity index (χ2n) is 4.87. The zero-order valence-electron chi connectivity index (χ0n) is 11.5. The van der Waals surface area contributed by atoms with Gasteiger partial charge in [0.25, 0.3) is 5.91 Å². The van der Waals surface area contributed by atoms with E-state index in [-0.39, 0.29) is 11.8 Å². The Morgan fingerprint density at radius 2 is 2.00 bits per heavy atom. The largest absolute Gasteiger partial charge is 0.438 e. The van der Waals surface area contributed by atoms with Gasteiger partial charge in [0.2, 0.25) is 5.76 Å². The molecule has 1 aromatic heterocycles. The Balaban J connectivity index is 2.13. The molecule has 1 aromatic carbocycles. The van der Waals surface area contributed by atoms with Crippen LogP contribution < -0.4 is 0 Å². The van der Waals surface area contributed by atoms with Crippen LogP contribution in [0.25, 0.3) is 0 Å². The van der Waals surface area contributed by atoms with E-state index in [0.29, 0.717) is 18.0 Å². The first-order valence-corrected chi connectivity index (χ1v) is 6.32. The van der Waals surface area contributed by atoms with E-state index in [4.69, 9.17) is 4.42 Å². The van der Waals surface area contributed by atoms with E-state index in [1.807, 2.05) is 44.2 Å². The molecule has 4 heteroatoms. The van der Waals surface area contributed by atoms with Gasteiger partial charge in [-0.1, -0.05) is 44.2 Å². The highest BCUT2D eigenvalue weighted by molar-refractivity contribution is 5.92. The maximum Gasteiger partial charge on any atom is 0.291 e. The molecule has 100 valence electrons. The maximum absolute atomic E-state index is 12.3. The Kier molecular flexibility index (Phi) is 4.00. The summed E-state index contributed by atoms with van der Waals surface area (Å²) in [4.78, 5) is 18.1. The van der Waals surface area contributed by atoms with Crippen molar-refractivity contribution in [1.82, 2.24) is 9.88 Å². The number of carbonyl (C=O) groups is 1. The molecule has 0 N–H and O–H groups in total. The van der Waals surface area contributed by atoms with Gasteiger partial charge in [0.15, 0.2) is 6.39 Å². The Morgan fingerprint density at radius 1 is 1.32 bits per heavy atom. The first kappa shape index (κ1) is 13.3. The lowest BCUT2D eigenvalue weighted by Crippen LogP contribution is -2.26. The summed E-state index contributed by atoms with van der Waals surface area (Å²) >= 11 is 0. The Hall–Kier alpha value is -2.10. The van der Waals surface area contributed by atoms with Crippen LogP contribution in [0.2, 0.25) is 0 Å². The molecule has 1 heterocycles. The van der Waals surface area contributed by atoms with E-state index < -0.39 is 0 Å². The fourth-order valence-corrected chi connectivity index (χ4v) is 1.93. The average molecular weight is 258 g/mol. The lowest BCUT2D eigenvalue weighted by atomic mass is 10.1. The SMILES string of the molecule is CC(C)c1ncoc1C(=O)N(C)Cc1ccccc1. The van der Waals surface area contributed by atoms with Gasteiger partial charge in [-0.25, -0.2) is 4.98 Å². The van der Waals surface area contributed by atoms with Crippen LogP contribution in [0.5, 0.6) is 0 Å². The minimum absolute atomic E-state index is 0.134. The summed E-state index contributed by atoms with van der Waals surface area (Å²) in [5.41, 5.74) is 1.80. The second-order valence-corrected chi connectivity index (χ2v) is 4.87. The molecule has 0 fully saturated rings. The van der Waals surface area contributed by atoms with Crippen molar-refractivity contribution in [2.75, 3.05) is 7.05 Å². The molecular weight excluding hydrogens is 240 g/mol. The number of oxazole rings is 1. The van der Waals surface area contributed by atoms with Gasteiger partial charge in [-0.15, -0.1) is 0 Å². The zero-order valence-corrected chi connectivity index (χ0v) is 11.5. The van der Waals surface area contributed by atoms with Gasteiger partial charge in [0.05, 0.1) is 5.69 Å². The van der Waals surface area contributed by atoms with Gasteiger partial charge in [0, 0.05) is 13.6 Å². The van der Waals surface area contributed by atoms with Crippen molar-refractivity contribution in [3.8, 4) is 0 Å². The van der Waals surface area contributed by atoms with Gasteiger partial charge in [0.1, 0.15) is 0 Å². The number of benzene rings is 1. The fourth-order valence-electron chi connectivity index (χ4n) is 1.93. The predicted octanol–water partition coefficient (Wildman–Crippen LogP) is 3.07. The highest BCUT2D eigenvalue weighted by Crippen LogP contribution is 2.19. The molecule has 0 aliphatic rings. The number of rotatable bonds is 4. The number of nitrogens with zero attached hydrogens (tertiary/aromatic N) is 2. The van der Waals surface area contributed by atoms with Crippen LogP contribution in [-0.4, -0.2) is 22.8 Å². The number of amides is 1. The molecule has 0 radical (unpaired) electrons. The number of hydrogen-bond acceptors (Lipinski definition) is 3. The first-order chi connectivity index (χ1) is 9.09. The van der Waals surface area contributed by atoms with E-state index in [1.165, 1.54) is 6.39 Å². The highest BCUT2D eigenvalue weighted by Gasteiger charge is 2.22. The molecule has 19 heavy (non-hydrogen) atoms. The van der Waals surface area contributed by atoms with Crippen molar-refractivity contribution in [2.45, 2.75) is 26.3 Å². The Bertz CT molecular complexity index is 546. The third-order valence-electron chi connectivity index (χ3n) is 2.95. The van der Waals surface area contributed by atoms with Crippen molar-refractivity contribution in [3.63, 3.8) is 0 Å². The van der Waals surface area contributed by atoms with Crippen LogP contribution in [-0.2, 0) is 6.54 Å². The molecule has 0 bridgehead atoms. The van der Waals surface area contributed by atoms with Crippen molar-refractivity contribution in [1.29, 1.82) is 0 Å². The van der Waals surface area contributed by atoms with Crippen LogP contribution >= 0.6 is 0 Å². The standard InChI is InChI=1S/C15H18N2O2/c1-11(2)13-14(19-10-16-13)15(18)17(3)9-12-7-5-4-6-8-12/h4-8,10-11H,9H2,1-3H3. The van der Waals surface area contributed by atoms with Gasteiger partial charge >= 0.3 is 0 Å². The van der Waals surface area contributed by atoms with Crippen LogP contribution in [0, 0.1) is 0 Å². The van der Waals surface area contributed by atoms with E-state index in [2.05, 4.69) is 4.98 Å². The number of hydrogen-bond donors (Lipinski definition) is 0. The monoisotopic (exact) mass is 258 g/mol. The zero-order chi connectivity index (χ0) is 13.8. The van der Waals surface area contributed by atoms with Crippen molar-refractivity contribution >= 4 is 5.91 Å². The third kappa shape index (κ3) is 3.02. The fraction of sp³-hybridized carbons (Fsp3) is 0.333. The summed E-state index contributed by atoms with van der Waals surface area (Å²) in [5.74, 6) is 0.376. The van der Waals surface area contributed by atoms with Crippen LogP contribution in [0.1, 0.15) is 41.6 Å². The molecule has 0 aliphatic heterocycles. The summed E-state index contributed by atoms with van der Waals surface area (Å²) in [6.45, 7) is 4.54. The van der Waals surface area contributed by atoms with E-state index in [9.17, 15) is 4.79 Å². The molecule has 0 spiro atoms. The average Bonchev–Trinajstić information content (AvgIpc) is 2.88. The van der Waals surface area contributed by atoms with Crippen molar-refractivity contribution < 1.29 is 9.21 Å². The predicted molar refractivity (Wildman–Crippen MR) is 72.8 cm³/mol. The maximum atomic E-state index is 12.3. The van der Waals surface area contributed by atoms with Gasteiger partial charge < -0.3 is 9.32 Å². The molecular formula is C15H18N2O2. The minimum Gasteiger partial charge on any atom is -0.438 e. The summed E-state index contributed by atoms with van der Waals surface area (Å²) < 4.78 is 5.24. The van der Waals surface area contributed by atoms with Crippen molar-refractivity contribution in [2.24, 2.45) is 0 Å². The van der Waals surface area contributed by atoms with Gasteiger partial charge in [-0.2, -0.15) is 0 Å². The van der Waals surface area contributed by atoms with Crippen LogP contribution in [0.4, 0.5) is 0 Å². The normalized spacial score (nSPS) is 10.7. The molecule has 0 saturated carbocycles. The quantitative estimate of drug-likeness (QED) is 0.846. The minimum atomic E-state index is -0.134. The lowest BCUT2D eigenvalue weighted by molar-refractivity contribution is 0.0751. The molecule has 4 nitrogen and oxygen atoms in total. The summed E-state index contributed by atoms with van der Waals surface area (Å²) in [6, 6.07) is 9.86. The summed E-state index contributed by atoms with van der Waals surface area (Å²) in [7, 11) is 1.77. The number of carbonyl (C=O) groups excluding carboxylic acids is 1. The van der Waals surface area contributed by atoms with E-state index in [1.54, 1.807) is 11.9 Å². The van der Waals surface area contributed by atoms with Crippen LogP contribution in [0.15, 0.2) is 41.1 Å². The summed E-state index contributed by atoms with van der Waals surface area (Å²) in [6.07, 6.45) is 1.33. The molecule has 1 amide bonds. The highest BCUT2D eigenvalue weighted by atomic mass is 16.3. The first-order valence-electron chi connectivity index (χ1n) is 6.32.